The second-order valence-electron chi connectivity index (χ2n) is 3.84. The van der Waals surface area contributed by atoms with E-state index in [1.54, 1.807) is 11.3 Å². The fourth-order valence-electron chi connectivity index (χ4n) is 1.49. The molecule has 1 N–H and O–H groups in total. The van der Waals surface area contributed by atoms with Crippen LogP contribution in [0.4, 0.5) is 0 Å². The number of rotatable bonds is 5. The summed E-state index contributed by atoms with van der Waals surface area (Å²) in [6.45, 7) is 3.91. The molecule has 0 aliphatic heterocycles. The van der Waals surface area contributed by atoms with E-state index in [-0.39, 0.29) is 0 Å². The first-order valence-electron chi connectivity index (χ1n) is 5.68. The van der Waals surface area contributed by atoms with Crippen LogP contribution in [0, 0.1) is 0 Å². The second kappa shape index (κ2) is 6.61. The lowest BCUT2D eigenvalue weighted by Crippen LogP contribution is -2.13. The first-order valence-corrected chi connectivity index (χ1v) is 7.67. The third-order valence-electron chi connectivity index (χ3n) is 2.28. The molecule has 3 nitrogen and oxygen atoms in total. The molecular formula is C12H13BrClN3S. The molecule has 1 aromatic heterocycles. The van der Waals surface area contributed by atoms with Crippen molar-refractivity contribution >= 4 is 38.9 Å². The molecule has 0 fully saturated rings. The van der Waals surface area contributed by atoms with Crippen LogP contribution < -0.4 is 5.32 Å². The number of aromatic nitrogens is 2. The van der Waals surface area contributed by atoms with Gasteiger partial charge in [0.25, 0.3) is 0 Å². The Bertz CT molecular complexity index is 510. The molecule has 0 atom stereocenters. The zero-order valence-corrected chi connectivity index (χ0v) is 13.1. The first kappa shape index (κ1) is 13.9. The number of hydrogen-bond acceptors (Lipinski definition) is 4. The lowest BCUT2D eigenvalue weighted by atomic mass is 10.2. The van der Waals surface area contributed by atoms with Crippen molar-refractivity contribution in [2.24, 2.45) is 0 Å². The van der Waals surface area contributed by atoms with Gasteiger partial charge in [-0.25, -0.2) is 0 Å². The lowest BCUT2D eigenvalue weighted by Gasteiger charge is -1.98. The Labute approximate surface area is 124 Å². The summed E-state index contributed by atoms with van der Waals surface area (Å²) in [5, 5.41) is 14.3. The van der Waals surface area contributed by atoms with Gasteiger partial charge in [-0.1, -0.05) is 45.8 Å². The van der Waals surface area contributed by atoms with Crippen molar-refractivity contribution in [1.29, 1.82) is 0 Å². The maximum atomic E-state index is 6.02. The highest BCUT2D eigenvalue weighted by Crippen LogP contribution is 2.29. The Morgan fingerprint density at radius 1 is 1.33 bits per heavy atom. The fraction of sp³-hybridized carbons (Fsp3) is 0.333. The van der Waals surface area contributed by atoms with E-state index in [1.165, 1.54) is 0 Å². The van der Waals surface area contributed by atoms with Crippen molar-refractivity contribution in [1.82, 2.24) is 15.5 Å². The third-order valence-corrected chi connectivity index (χ3v) is 3.93. The van der Waals surface area contributed by atoms with Crippen molar-refractivity contribution in [3.63, 3.8) is 0 Å². The Hall–Kier alpha value is -0.490. The second-order valence-corrected chi connectivity index (χ2v) is 6.25. The molecule has 0 bridgehead atoms. The number of nitrogens with zero attached hydrogens (tertiary/aromatic N) is 2. The summed E-state index contributed by atoms with van der Waals surface area (Å²) in [7, 11) is 0. The molecule has 0 saturated heterocycles. The molecule has 6 heteroatoms. The van der Waals surface area contributed by atoms with Gasteiger partial charge >= 0.3 is 0 Å². The third kappa shape index (κ3) is 3.75. The van der Waals surface area contributed by atoms with Crippen molar-refractivity contribution in [2.75, 3.05) is 6.54 Å². The average molecular weight is 347 g/mol. The Morgan fingerprint density at radius 2 is 2.17 bits per heavy atom. The van der Waals surface area contributed by atoms with E-state index < -0.39 is 0 Å². The van der Waals surface area contributed by atoms with Crippen molar-refractivity contribution in [3.8, 4) is 10.6 Å². The van der Waals surface area contributed by atoms with Crippen molar-refractivity contribution in [3.05, 3.63) is 32.7 Å². The van der Waals surface area contributed by atoms with Gasteiger partial charge < -0.3 is 5.32 Å². The molecule has 0 radical (unpaired) electrons. The highest BCUT2D eigenvalue weighted by Gasteiger charge is 2.08. The molecular weight excluding hydrogens is 334 g/mol. The minimum atomic E-state index is 0.695. The van der Waals surface area contributed by atoms with Crippen LogP contribution in [0.15, 0.2) is 22.7 Å². The minimum absolute atomic E-state index is 0.695. The predicted octanol–water partition coefficient (Wildman–Crippen LogP) is 4.12. The quantitative estimate of drug-likeness (QED) is 0.828. The van der Waals surface area contributed by atoms with Crippen LogP contribution in [-0.4, -0.2) is 16.7 Å². The molecule has 2 aromatic rings. The topological polar surface area (TPSA) is 37.8 Å². The summed E-state index contributed by atoms with van der Waals surface area (Å²) in [5.41, 5.74) is 0.994. The molecule has 0 amide bonds. The maximum Gasteiger partial charge on any atom is 0.147 e. The van der Waals surface area contributed by atoms with Crippen LogP contribution in [0.5, 0.6) is 0 Å². The molecule has 0 spiro atoms. The Balaban J connectivity index is 2.13. The summed E-state index contributed by atoms with van der Waals surface area (Å²) < 4.78 is 0.950. The summed E-state index contributed by atoms with van der Waals surface area (Å²) in [4.78, 5) is 0. The zero-order chi connectivity index (χ0) is 13.0. The van der Waals surface area contributed by atoms with Crippen LogP contribution in [0.25, 0.3) is 10.6 Å². The fourth-order valence-corrected chi connectivity index (χ4v) is 3.15. The van der Waals surface area contributed by atoms with Gasteiger partial charge in [-0.05, 0) is 31.2 Å². The molecule has 1 aromatic carbocycles. The summed E-state index contributed by atoms with van der Waals surface area (Å²) in [6, 6.07) is 5.75. The number of nitrogens with one attached hydrogen (secondary N) is 1. The molecule has 96 valence electrons. The predicted molar refractivity (Wildman–Crippen MR) is 80.1 cm³/mol. The van der Waals surface area contributed by atoms with E-state index in [0.717, 1.165) is 39.6 Å². The van der Waals surface area contributed by atoms with Gasteiger partial charge in [0.2, 0.25) is 0 Å². The molecule has 0 aliphatic rings. The summed E-state index contributed by atoms with van der Waals surface area (Å²) in [6.07, 6.45) is 1.12. The van der Waals surface area contributed by atoms with E-state index in [9.17, 15) is 0 Å². The van der Waals surface area contributed by atoms with Crippen LogP contribution in [0.2, 0.25) is 5.02 Å². The molecule has 18 heavy (non-hydrogen) atoms. The summed E-state index contributed by atoms with van der Waals surface area (Å²) in [5.74, 6) is 0. The molecule has 0 saturated carbocycles. The highest BCUT2D eigenvalue weighted by molar-refractivity contribution is 9.10. The minimum Gasteiger partial charge on any atom is -0.310 e. The number of halogens is 2. The van der Waals surface area contributed by atoms with Gasteiger partial charge in [0.15, 0.2) is 0 Å². The standard InChI is InChI=1S/C12H13BrClN3S/c1-2-3-15-7-11-16-17-12(18-11)8-4-9(13)6-10(14)5-8/h4-6,15H,2-3,7H2,1H3. The molecule has 0 unspecified atom stereocenters. The van der Waals surface area contributed by atoms with Gasteiger partial charge in [-0.15, -0.1) is 10.2 Å². The van der Waals surface area contributed by atoms with Crippen LogP contribution in [0.1, 0.15) is 18.4 Å². The van der Waals surface area contributed by atoms with Gasteiger partial charge in [0, 0.05) is 21.6 Å². The lowest BCUT2D eigenvalue weighted by molar-refractivity contribution is 0.668. The Kier molecular flexibility index (Phi) is 5.12. The van der Waals surface area contributed by atoms with E-state index in [1.807, 2.05) is 18.2 Å². The number of benzene rings is 1. The zero-order valence-electron chi connectivity index (χ0n) is 9.91. The van der Waals surface area contributed by atoms with Crippen LogP contribution in [-0.2, 0) is 6.54 Å². The summed E-state index contributed by atoms with van der Waals surface area (Å²) >= 11 is 11.0. The number of hydrogen-bond donors (Lipinski definition) is 1. The SMILES string of the molecule is CCCNCc1nnc(-c2cc(Cl)cc(Br)c2)s1. The van der Waals surface area contributed by atoms with Gasteiger partial charge in [0.05, 0.1) is 0 Å². The molecule has 0 aliphatic carbocycles. The molecule has 1 heterocycles. The maximum absolute atomic E-state index is 6.02. The largest absolute Gasteiger partial charge is 0.310 e. The van der Waals surface area contributed by atoms with Crippen molar-refractivity contribution in [2.45, 2.75) is 19.9 Å². The van der Waals surface area contributed by atoms with Crippen LogP contribution >= 0.6 is 38.9 Å². The van der Waals surface area contributed by atoms with E-state index in [4.69, 9.17) is 11.6 Å². The van der Waals surface area contributed by atoms with E-state index >= 15 is 0 Å². The van der Waals surface area contributed by atoms with E-state index in [2.05, 4.69) is 38.4 Å². The first-order chi connectivity index (χ1) is 8.69. The highest BCUT2D eigenvalue weighted by atomic mass is 79.9. The van der Waals surface area contributed by atoms with Crippen molar-refractivity contribution < 1.29 is 0 Å². The van der Waals surface area contributed by atoms with Gasteiger partial charge in [0.1, 0.15) is 10.0 Å². The van der Waals surface area contributed by atoms with E-state index in [0.29, 0.717) is 5.02 Å². The van der Waals surface area contributed by atoms with Gasteiger partial charge in [-0.2, -0.15) is 0 Å². The smallest absolute Gasteiger partial charge is 0.147 e. The Morgan fingerprint density at radius 3 is 2.89 bits per heavy atom. The average Bonchev–Trinajstić information content (AvgIpc) is 2.77. The monoisotopic (exact) mass is 345 g/mol. The normalized spacial score (nSPS) is 10.8. The van der Waals surface area contributed by atoms with Gasteiger partial charge in [-0.3, -0.25) is 0 Å². The van der Waals surface area contributed by atoms with Crippen LogP contribution in [0.3, 0.4) is 0 Å². The molecule has 2 rings (SSSR count).